The molecule has 0 aliphatic carbocycles. The first-order chi connectivity index (χ1) is 8.53. The Hall–Kier alpha value is -0.540. The summed E-state index contributed by atoms with van der Waals surface area (Å²) in [4.78, 5) is 0. The summed E-state index contributed by atoms with van der Waals surface area (Å²) in [6.45, 7) is 1.71. The summed E-state index contributed by atoms with van der Waals surface area (Å²) >= 11 is 6.08. The minimum absolute atomic E-state index is 0.191. The van der Waals surface area contributed by atoms with Gasteiger partial charge in [0, 0.05) is 5.56 Å². The van der Waals surface area contributed by atoms with Crippen molar-refractivity contribution in [1.82, 2.24) is 0 Å². The van der Waals surface area contributed by atoms with E-state index in [9.17, 15) is 21.6 Å². The Morgan fingerprint density at radius 3 is 2.37 bits per heavy atom. The molecule has 3 nitrogen and oxygen atoms in total. The van der Waals surface area contributed by atoms with Gasteiger partial charge in [-0.05, 0) is 57.0 Å². The van der Waals surface area contributed by atoms with Gasteiger partial charge in [0.1, 0.15) is 5.75 Å². The predicted molar refractivity (Wildman–Crippen MR) is 72.6 cm³/mol. The van der Waals surface area contributed by atoms with Crippen LogP contribution in [-0.4, -0.2) is 13.9 Å². The number of halogens is 5. The predicted octanol–water partition coefficient (Wildman–Crippen LogP) is 4.31. The van der Waals surface area contributed by atoms with Crippen molar-refractivity contribution in [3.8, 4) is 5.75 Å². The van der Waals surface area contributed by atoms with Gasteiger partial charge in [-0.25, -0.2) is 0 Å². The van der Waals surface area contributed by atoms with E-state index in [0.29, 0.717) is 3.39 Å². The molecule has 1 rings (SSSR count). The fourth-order valence-electron chi connectivity index (χ4n) is 1.14. The molecule has 9 heteroatoms. The molecule has 106 valence electrons. The molecular formula is C10H7Br2F3O3S. The van der Waals surface area contributed by atoms with Gasteiger partial charge in [0.15, 0.2) is 0 Å². The molecule has 0 heterocycles. The summed E-state index contributed by atoms with van der Waals surface area (Å²) in [5.74, 6) is -0.403. The van der Waals surface area contributed by atoms with E-state index in [4.69, 9.17) is 0 Å². The molecule has 0 unspecified atom stereocenters. The van der Waals surface area contributed by atoms with Crippen LogP contribution in [0.5, 0.6) is 5.75 Å². The summed E-state index contributed by atoms with van der Waals surface area (Å²) < 4.78 is 63.2. The number of aryl methyl sites for hydroxylation is 1. The summed E-state index contributed by atoms with van der Waals surface area (Å²) in [6.07, 6.45) is 1.38. The Bertz CT molecular complexity index is 605. The molecule has 0 atom stereocenters. The van der Waals surface area contributed by atoms with Crippen LogP contribution in [0.3, 0.4) is 0 Å². The smallest absolute Gasteiger partial charge is 0.375 e. The zero-order chi connectivity index (χ0) is 14.8. The first kappa shape index (κ1) is 16.5. The molecule has 0 N–H and O–H groups in total. The Kier molecular flexibility index (Phi) is 5.08. The molecule has 0 aromatic heterocycles. The maximum absolute atomic E-state index is 12.2. The van der Waals surface area contributed by atoms with Crippen LogP contribution in [0.2, 0.25) is 0 Å². The quantitative estimate of drug-likeness (QED) is 0.537. The topological polar surface area (TPSA) is 43.4 Å². The summed E-state index contributed by atoms with van der Waals surface area (Å²) in [5.41, 5.74) is -4.54. The van der Waals surface area contributed by atoms with E-state index in [1.807, 2.05) is 0 Å². The van der Waals surface area contributed by atoms with Crippen LogP contribution >= 0.6 is 31.9 Å². The average Bonchev–Trinajstić information content (AvgIpc) is 2.19. The zero-order valence-corrected chi connectivity index (χ0v) is 13.3. The van der Waals surface area contributed by atoms with E-state index in [0.717, 1.165) is 11.6 Å². The van der Waals surface area contributed by atoms with Crippen molar-refractivity contribution in [3.63, 3.8) is 0 Å². The second-order valence-corrected chi connectivity index (χ2v) is 7.77. The van der Waals surface area contributed by atoms with Crippen LogP contribution in [0.4, 0.5) is 13.2 Å². The van der Waals surface area contributed by atoms with E-state index in [2.05, 4.69) is 36.0 Å². The van der Waals surface area contributed by atoms with Gasteiger partial charge < -0.3 is 4.18 Å². The molecule has 19 heavy (non-hydrogen) atoms. The van der Waals surface area contributed by atoms with Crippen LogP contribution in [0.15, 0.2) is 21.6 Å². The average molecular weight is 424 g/mol. The third kappa shape index (κ3) is 4.50. The van der Waals surface area contributed by atoms with Gasteiger partial charge in [-0.3, -0.25) is 0 Å². The van der Waals surface area contributed by atoms with Crippen molar-refractivity contribution in [1.29, 1.82) is 0 Å². The zero-order valence-electron chi connectivity index (χ0n) is 9.33. The lowest BCUT2D eigenvalue weighted by atomic mass is 10.1. The van der Waals surface area contributed by atoms with E-state index in [-0.39, 0.29) is 5.56 Å². The van der Waals surface area contributed by atoms with Crippen LogP contribution in [0.1, 0.15) is 11.1 Å². The van der Waals surface area contributed by atoms with Crippen molar-refractivity contribution in [3.05, 3.63) is 32.7 Å². The highest BCUT2D eigenvalue weighted by atomic mass is 79.9. The summed E-state index contributed by atoms with van der Waals surface area (Å²) in [7, 11) is -5.68. The second kappa shape index (κ2) is 5.84. The van der Waals surface area contributed by atoms with E-state index < -0.39 is 21.4 Å². The molecule has 1 aromatic carbocycles. The molecule has 0 amide bonds. The van der Waals surface area contributed by atoms with Gasteiger partial charge in [0.2, 0.25) is 0 Å². The molecule has 0 bridgehead atoms. The molecule has 0 aliphatic rings. The van der Waals surface area contributed by atoms with Gasteiger partial charge >= 0.3 is 15.6 Å². The fraction of sp³-hybridized carbons (Fsp3) is 0.200. The number of hydrogen-bond donors (Lipinski definition) is 0. The normalized spacial score (nSPS) is 12.1. The van der Waals surface area contributed by atoms with Gasteiger partial charge in [-0.2, -0.15) is 21.6 Å². The van der Waals surface area contributed by atoms with Crippen LogP contribution < -0.4 is 4.18 Å². The SMILES string of the molecule is Cc1ccc(OS(=O)(=O)C(F)(F)F)c(C=C(Br)Br)c1. The molecule has 0 aliphatic heterocycles. The Labute approximate surface area is 124 Å². The van der Waals surface area contributed by atoms with E-state index in [1.165, 1.54) is 18.2 Å². The maximum atomic E-state index is 12.2. The van der Waals surface area contributed by atoms with Crippen molar-refractivity contribution < 1.29 is 25.8 Å². The molecule has 0 fully saturated rings. The third-order valence-electron chi connectivity index (χ3n) is 1.91. The highest BCUT2D eigenvalue weighted by molar-refractivity contribution is 9.28. The van der Waals surface area contributed by atoms with Gasteiger partial charge in [-0.1, -0.05) is 11.6 Å². The number of rotatable bonds is 3. The first-order valence-electron chi connectivity index (χ1n) is 4.67. The highest BCUT2D eigenvalue weighted by Gasteiger charge is 2.48. The van der Waals surface area contributed by atoms with Crippen molar-refractivity contribution >= 4 is 48.1 Å². The summed E-state index contributed by atoms with van der Waals surface area (Å²) in [5, 5.41) is 0. The molecule has 0 radical (unpaired) electrons. The van der Waals surface area contributed by atoms with Crippen molar-refractivity contribution in [2.24, 2.45) is 0 Å². The van der Waals surface area contributed by atoms with Gasteiger partial charge in [0.25, 0.3) is 0 Å². The van der Waals surface area contributed by atoms with Crippen molar-refractivity contribution in [2.45, 2.75) is 12.4 Å². The molecular weight excluding hydrogens is 417 g/mol. The minimum Gasteiger partial charge on any atom is -0.375 e. The van der Waals surface area contributed by atoms with Crippen LogP contribution in [-0.2, 0) is 10.1 Å². The lowest BCUT2D eigenvalue weighted by Gasteiger charge is -2.12. The number of alkyl halides is 3. The first-order valence-corrected chi connectivity index (χ1v) is 7.66. The Balaban J connectivity index is 3.26. The van der Waals surface area contributed by atoms with Crippen molar-refractivity contribution in [2.75, 3.05) is 0 Å². The molecule has 0 saturated heterocycles. The lowest BCUT2D eigenvalue weighted by molar-refractivity contribution is -0.0500. The fourth-order valence-corrected chi connectivity index (χ4v) is 2.12. The molecule has 0 spiro atoms. The van der Waals surface area contributed by atoms with E-state index >= 15 is 0 Å². The van der Waals surface area contributed by atoms with Gasteiger partial charge in [-0.15, -0.1) is 0 Å². The molecule has 0 saturated carbocycles. The minimum atomic E-state index is -5.68. The standard InChI is InChI=1S/C10H7Br2F3O3S/c1-6-2-3-8(7(4-6)5-9(11)12)18-19(16,17)10(13,14)15/h2-5H,1H3. The Morgan fingerprint density at radius 2 is 1.89 bits per heavy atom. The third-order valence-corrected chi connectivity index (χ3v) is 3.34. The van der Waals surface area contributed by atoms with E-state index in [1.54, 1.807) is 6.92 Å². The largest absolute Gasteiger partial charge is 0.534 e. The monoisotopic (exact) mass is 422 g/mol. The van der Waals surface area contributed by atoms with Crippen LogP contribution in [0, 0.1) is 6.92 Å². The maximum Gasteiger partial charge on any atom is 0.534 e. The number of benzene rings is 1. The number of hydrogen-bond acceptors (Lipinski definition) is 3. The summed E-state index contributed by atoms with van der Waals surface area (Å²) in [6, 6.07) is 4.10. The Morgan fingerprint density at radius 1 is 1.32 bits per heavy atom. The molecule has 1 aromatic rings. The highest BCUT2D eigenvalue weighted by Crippen LogP contribution is 2.31. The lowest BCUT2D eigenvalue weighted by Crippen LogP contribution is -2.28. The second-order valence-electron chi connectivity index (χ2n) is 3.46. The van der Waals surface area contributed by atoms with Crippen LogP contribution in [0.25, 0.3) is 6.08 Å². The van der Waals surface area contributed by atoms with Gasteiger partial charge in [0.05, 0.1) is 3.39 Å².